The summed E-state index contributed by atoms with van der Waals surface area (Å²) in [5, 5.41) is 0. The zero-order valence-electron chi connectivity index (χ0n) is 30.6. The summed E-state index contributed by atoms with van der Waals surface area (Å²) >= 11 is 0. The third kappa shape index (κ3) is 3.88. The van der Waals surface area contributed by atoms with Crippen molar-refractivity contribution >= 4 is 72.5 Å². The largest absolute Gasteiger partial charge is 0.416 e. The molecular weight excluding hydrogens is 676 g/mol. The SMILES string of the molecule is c1ccc2c(c1)B1N(B3c4ccccc4-c4ccccc4N3B3c4ccccc4-c4ccccc4N3B3c4ccccc4-c4ccccc4N13)c1ccccc1-2. The summed E-state index contributed by atoms with van der Waals surface area (Å²) in [5.41, 5.74) is 20.4. The molecule has 0 amide bonds. The predicted molar refractivity (Wildman–Crippen MR) is 239 cm³/mol. The molecule has 5 heterocycles. The summed E-state index contributed by atoms with van der Waals surface area (Å²) < 4.78 is 11.1. The lowest BCUT2D eigenvalue weighted by Crippen LogP contribution is -2.88. The molecule has 0 saturated carbocycles. The fraction of sp³-hybridized carbons (Fsp3) is 0. The van der Waals surface area contributed by atoms with Crippen LogP contribution in [0.4, 0.5) is 22.7 Å². The van der Waals surface area contributed by atoms with E-state index in [9.17, 15) is 0 Å². The van der Waals surface area contributed by atoms with Gasteiger partial charge in [-0.2, -0.15) is 0 Å². The molecule has 8 aromatic rings. The molecule has 13 rings (SSSR count). The van der Waals surface area contributed by atoms with Crippen LogP contribution in [0.1, 0.15) is 0 Å². The highest BCUT2D eigenvalue weighted by atomic mass is 15.3. The van der Waals surface area contributed by atoms with Crippen molar-refractivity contribution in [3.05, 3.63) is 194 Å². The van der Waals surface area contributed by atoms with Crippen molar-refractivity contribution in [1.29, 1.82) is 0 Å². The molecule has 5 aliphatic heterocycles. The lowest BCUT2D eigenvalue weighted by molar-refractivity contribution is 1.27. The highest BCUT2D eigenvalue weighted by Crippen LogP contribution is 2.49. The molecule has 0 N–H and O–H groups in total. The normalized spacial score (nSPS) is 14.9. The highest BCUT2D eigenvalue weighted by Gasteiger charge is 2.61. The van der Waals surface area contributed by atoms with Gasteiger partial charge in [-0.25, -0.2) is 0 Å². The fourth-order valence-electron chi connectivity index (χ4n) is 10.9. The van der Waals surface area contributed by atoms with Crippen LogP contribution in [0.15, 0.2) is 194 Å². The highest BCUT2D eigenvalue weighted by molar-refractivity contribution is 7.17. The first kappa shape index (κ1) is 30.5. The summed E-state index contributed by atoms with van der Waals surface area (Å²) in [4.78, 5) is 0. The minimum atomic E-state index is -0.170. The van der Waals surface area contributed by atoms with Gasteiger partial charge in [0, 0.05) is 45.0 Å². The minimum absolute atomic E-state index is 0.170. The molecule has 0 radical (unpaired) electrons. The van der Waals surface area contributed by atoms with E-state index >= 15 is 0 Å². The molecular formula is C48H32B4N4. The van der Waals surface area contributed by atoms with Crippen LogP contribution in [0.25, 0.3) is 44.5 Å². The molecule has 8 heteroatoms. The van der Waals surface area contributed by atoms with Crippen LogP contribution in [0, 0.1) is 0 Å². The summed E-state index contributed by atoms with van der Waals surface area (Å²) in [7, 11) is 0. The van der Waals surface area contributed by atoms with E-state index in [2.05, 4.69) is 213 Å². The van der Waals surface area contributed by atoms with Crippen LogP contribution >= 0.6 is 0 Å². The van der Waals surface area contributed by atoms with E-state index in [1.807, 2.05) is 0 Å². The van der Waals surface area contributed by atoms with Crippen molar-refractivity contribution in [1.82, 2.24) is 0 Å². The number of nitrogens with zero attached hydrogens (tertiary/aromatic N) is 4. The molecule has 256 valence electrons. The Labute approximate surface area is 328 Å². The molecule has 56 heavy (non-hydrogen) atoms. The van der Waals surface area contributed by atoms with Crippen LogP contribution in [-0.4, -0.2) is 27.9 Å². The molecule has 0 aliphatic carbocycles. The van der Waals surface area contributed by atoms with E-state index in [1.165, 1.54) is 89.1 Å². The smallest absolute Gasteiger partial charge is 0.389 e. The number of rotatable bonds is 0. The van der Waals surface area contributed by atoms with Gasteiger partial charge in [-0.3, -0.25) is 0 Å². The number of benzene rings is 8. The Morgan fingerprint density at radius 1 is 0.196 bits per heavy atom. The second-order valence-electron chi connectivity index (χ2n) is 15.5. The summed E-state index contributed by atoms with van der Waals surface area (Å²) in [6, 6.07) is 73.1. The van der Waals surface area contributed by atoms with E-state index in [4.69, 9.17) is 0 Å². The van der Waals surface area contributed by atoms with Crippen LogP contribution < -0.4 is 40.7 Å². The van der Waals surface area contributed by atoms with E-state index in [-0.39, 0.29) is 27.9 Å². The molecule has 0 bridgehead atoms. The van der Waals surface area contributed by atoms with Crippen LogP contribution in [0.3, 0.4) is 0 Å². The maximum atomic E-state index is 2.78. The number of anilines is 4. The average Bonchev–Trinajstić information content (AvgIpc) is 3.27. The first-order valence-corrected chi connectivity index (χ1v) is 19.7. The molecule has 0 aromatic heterocycles. The Bertz CT molecular complexity index is 2320. The third-order valence-electron chi connectivity index (χ3n) is 13.0. The number of hydrogen-bond donors (Lipinski definition) is 0. The number of fused-ring (bicyclic) bond motifs is 28. The number of para-hydroxylation sites is 4. The standard InChI is InChI=1S/C48H32B4N4/c1-9-25-41-33(17-1)37-21-5-13-29-45(37)53-49(41)54-46-30-14-6-22-38(46)34-18-3-11-27-43(34)51(54)56-48-32-16-8-24-40(48)36-20-4-12-28-44(36)52(56)55-47-31-15-7-23-39(47)35-19-2-10-26-42(35)50(53)55/h1-32H. The Balaban J connectivity index is 1.24. The lowest BCUT2D eigenvalue weighted by atomic mass is 9.34. The Morgan fingerprint density at radius 3 is 0.607 bits per heavy atom. The molecule has 0 spiro atoms. The van der Waals surface area contributed by atoms with Crippen LogP contribution in [0.2, 0.25) is 0 Å². The maximum Gasteiger partial charge on any atom is 0.389 e. The fourth-order valence-corrected chi connectivity index (χ4v) is 10.9. The molecule has 0 unspecified atom stereocenters. The first-order chi connectivity index (χ1) is 27.9. The van der Waals surface area contributed by atoms with Crippen molar-refractivity contribution < 1.29 is 0 Å². The third-order valence-corrected chi connectivity index (χ3v) is 13.0. The van der Waals surface area contributed by atoms with Crippen molar-refractivity contribution in [3.8, 4) is 44.5 Å². The summed E-state index contributed by atoms with van der Waals surface area (Å²) in [6.45, 7) is -0.679. The molecule has 5 aliphatic rings. The Morgan fingerprint density at radius 2 is 0.375 bits per heavy atom. The molecule has 4 nitrogen and oxygen atoms in total. The van der Waals surface area contributed by atoms with Gasteiger partial charge in [-0.15, -0.1) is 0 Å². The van der Waals surface area contributed by atoms with Gasteiger partial charge >= 0.3 is 27.9 Å². The zero-order valence-corrected chi connectivity index (χ0v) is 30.6. The quantitative estimate of drug-likeness (QED) is 0.151. The van der Waals surface area contributed by atoms with Crippen molar-refractivity contribution in [2.45, 2.75) is 0 Å². The summed E-state index contributed by atoms with van der Waals surface area (Å²) in [6.07, 6.45) is 0. The van der Waals surface area contributed by atoms with Gasteiger partial charge in [0.15, 0.2) is 0 Å². The van der Waals surface area contributed by atoms with Crippen molar-refractivity contribution in [2.75, 3.05) is 18.9 Å². The zero-order chi connectivity index (χ0) is 36.5. The topological polar surface area (TPSA) is 13.0 Å². The van der Waals surface area contributed by atoms with Gasteiger partial charge < -0.3 is 18.9 Å². The number of hydrogen-bond acceptors (Lipinski definition) is 4. The molecule has 8 aromatic carbocycles. The predicted octanol–water partition coefficient (Wildman–Crippen LogP) is 7.53. The lowest BCUT2D eigenvalue weighted by Gasteiger charge is -2.61. The van der Waals surface area contributed by atoms with E-state index in [0.717, 1.165) is 0 Å². The Hall–Kier alpha value is -6.78. The van der Waals surface area contributed by atoms with Gasteiger partial charge in [0.05, 0.1) is 0 Å². The molecule has 0 atom stereocenters. The van der Waals surface area contributed by atoms with Gasteiger partial charge in [0.25, 0.3) is 0 Å². The monoisotopic (exact) mass is 708 g/mol. The van der Waals surface area contributed by atoms with Crippen LogP contribution in [-0.2, 0) is 0 Å². The van der Waals surface area contributed by atoms with E-state index in [1.54, 1.807) is 0 Å². The minimum Gasteiger partial charge on any atom is -0.416 e. The summed E-state index contributed by atoms with van der Waals surface area (Å²) in [5.74, 6) is 0. The average molecular weight is 708 g/mol. The van der Waals surface area contributed by atoms with Gasteiger partial charge in [-0.1, -0.05) is 170 Å². The molecule has 1 saturated heterocycles. The Kier molecular flexibility index (Phi) is 6.20. The molecule has 1 fully saturated rings. The maximum absolute atomic E-state index is 2.78. The van der Waals surface area contributed by atoms with Crippen LogP contribution in [0.5, 0.6) is 0 Å². The van der Waals surface area contributed by atoms with Gasteiger partial charge in [0.1, 0.15) is 0 Å². The van der Waals surface area contributed by atoms with Gasteiger partial charge in [0.2, 0.25) is 0 Å². The van der Waals surface area contributed by atoms with E-state index < -0.39 is 0 Å². The van der Waals surface area contributed by atoms with Crippen molar-refractivity contribution in [3.63, 3.8) is 0 Å². The van der Waals surface area contributed by atoms with Crippen molar-refractivity contribution in [2.24, 2.45) is 0 Å². The second-order valence-corrected chi connectivity index (χ2v) is 15.5. The second kappa shape index (κ2) is 11.4. The van der Waals surface area contributed by atoms with E-state index in [0.29, 0.717) is 0 Å². The first-order valence-electron chi connectivity index (χ1n) is 19.7. The van der Waals surface area contributed by atoms with Gasteiger partial charge in [-0.05, 0) is 68.4 Å².